The van der Waals surface area contributed by atoms with Crippen molar-refractivity contribution < 1.29 is 22.7 Å². The molecule has 0 fully saturated rings. The van der Waals surface area contributed by atoms with E-state index in [0.29, 0.717) is 11.4 Å². The van der Waals surface area contributed by atoms with Crippen molar-refractivity contribution in [3.63, 3.8) is 0 Å². The van der Waals surface area contributed by atoms with E-state index in [9.17, 15) is 18.0 Å². The molecule has 2 amide bonds. The van der Waals surface area contributed by atoms with E-state index in [-0.39, 0.29) is 16.7 Å². The molecular weight excluding hydrogens is 390 g/mol. The van der Waals surface area contributed by atoms with Crippen molar-refractivity contribution in [2.45, 2.75) is 24.1 Å². The van der Waals surface area contributed by atoms with Gasteiger partial charge in [0.15, 0.2) is 6.61 Å². The molecule has 146 valence electrons. The van der Waals surface area contributed by atoms with E-state index >= 15 is 0 Å². The standard InChI is InChI=1S/C17H21N3O5S2/c1-11(2)16(20-27(23,24)15-7-4-8-26-15)17(22)19-12-5-3-6-13(9-12)25-10-14(18)21/h3-9,11,16,20H,10H2,1-2H3,(H2,18,21)(H,19,22). The molecule has 2 aromatic rings. The number of sulfonamides is 1. The Kier molecular flexibility index (Phi) is 6.94. The minimum atomic E-state index is -3.79. The zero-order chi connectivity index (χ0) is 20.0. The van der Waals surface area contributed by atoms with Crippen molar-refractivity contribution in [1.82, 2.24) is 4.72 Å². The maximum absolute atomic E-state index is 12.6. The van der Waals surface area contributed by atoms with Crippen LogP contribution >= 0.6 is 11.3 Å². The maximum atomic E-state index is 12.6. The third-order valence-corrected chi connectivity index (χ3v) is 6.31. The second kappa shape index (κ2) is 8.98. The summed E-state index contributed by atoms with van der Waals surface area (Å²) in [5.74, 6) is -1.05. The molecule has 27 heavy (non-hydrogen) atoms. The SMILES string of the molecule is CC(C)C(NS(=O)(=O)c1cccs1)C(=O)Nc1cccc(OCC(N)=O)c1. The summed E-state index contributed by atoms with van der Waals surface area (Å²) in [4.78, 5) is 23.4. The first-order valence-electron chi connectivity index (χ1n) is 8.07. The summed E-state index contributed by atoms with van der Waals surface area (Å²) < 4.78 is 32.6. The van der Waals surface area contributed by atoms with Crippen LogP contribution in [0.15, 0.2) is 46.0 Å². The summed E-state index contributed by atoms with van der Waals surface area (Å²) >= 11 is 1.07. The fourth-order valence-electron chi connectivity index (χ4n) is 2.17. The Bertz CT molecular complexity index is 895. The fraction of sp³-hybridized carbons (Fsp3) is 0.294. The van der Waals surface area contributed by atoms with Crippen LogP contribution in [0.3, 0.4) is 0 Å². The van der Waals surface area contributed by atoms with Gasteiger partial charge in [-0.25, -0.2) is 8.42 Å². The van der Waals surface area contributed by atoms with Crippen LogP contribution in [0, 0.1) is 5.92 Å². The number of amides is 2. The van der Waals surface area contributed by atoms with Gasteiger partial charge in [-0.2, -0.15) is 4.72 Å². The summed E-state index contributed by atoms with van der Waals surface area (Å²) in [5, 5.41) is 4.31. The Morgan fingerprint density at radius 3 is 2.56 bits per heavy atom. The molecule has 0 aliphatic heterocycles. The quantitative estimate of drug-likeness (QED) is 0.577. The van der Waals surface area contributed by atoms with Crippen molar-refractivity contribution in [1.29, 1.82) is 0 Å². The van der Waals surface area contributed by atoms with E-state index in [1.807, 2.05) is 0 Å². The number of nitrogens with one attached hydrogen (secondary N) is 2. The number of rotatable bonds is 9. The lowest BCUT2D eigenvalue weighted by Crippen LogP contribution is -2.46. The number of ether oxygens (including phenoxy) is 1. The zero-order valence-electron chi connectivity index (χ0n) is 14.8. The summed E-state index contributed by atoms with van der Waals surface area (Å²) in [6.45, 7) is 3.20. The van der Waals surface area contributed by atoms with Crippen LogP contribution in [0.25, 0.3) is 0 Å². The Morgan fingerprint density at radius 2 is 1.96 bits per heavy atom. The molecule has 0 aliphatic carbocycles. The topological polar surface area (TPSA) is 128 Å². The number of thiophene rings is 1. The molecule has 1 atom stereocenters. The molecule has 1 aromatic heterocycles. The van der Waals surface area contributed by atoms with Crippen LogP contribution in [0.1, 0.15) is 13.8 Å². The molecule has 2 rings (SSSR count). The molecule has 4 N–H and O–H groups in total. The van der Waals surface area contributed by atoms with Gasteiger partial charge in [-0.1, -0.05) is 26.0 Å². The Balaban J connectivity index is 2.11. The van der Waals surface area contributed by atoms with E-state index in [1.54, 1.807) is 43.5 Å². The minimum absolute atomic E-state index is 0.141. The van der Waals surface area contributed by atoms with Crippen LogP contribution < -0.4 is 20.5 Å². The van der Waals surface area contributed by atoms with Crippen molar-refractivity contribution in [3.05, 3.63) is 41.8 Å². The van der Waals surface area contributed by atoms with Crippen LogP contribution in [0.5, 0.6) is 5.75 Å². The fourth-order valence-corrected chi connectivity index (χ4v) is 4.53. The number of hydrogen-bond donors (Lipinski definition) is 3. The van der Waals surface area contributed by atoms with Gasteiger partial charge >= 0.3 is 0 Å². The van der Waals surface area contributed by atoms with Crippen molar-refractivity contribution >= 4 is 38.9 Å². The number of carbonyl (C=O) groups excluding carboxylic acids is 2. The summed E-state index contributed by atoms with van der Waals surface area (Å²) in [7, 11) is -3.79. The largest absolute Gasteiger partial charge is 0.484 e. The van der Waals surface area contributed by atoms with Crippen molar-refractivity contribution in [2.75, 3.05) is 11.9 Å². The van der Waals surface area contributed by atoms with Gasteiger partial charge in [-0.15, -0.1) is 11.3 Å². The maximum Gasteiger partial charge on any atom is 0.255 e. The van der Waals surface area contributed by atoms with Gasteiger partial charge in [0.2, 0.25) is 5.91 Å². The molecule has 0 saturated carbocycles. The first-order valence-corrected chi connectivity index (χ1v) is 10.4. The lowest BCUT2D eigenvalue weighted by atomic mass is 10.0. The molecule has 0 radical (unpaired) electrons. The average molecular weight is 412 g/mol. The van der Waals surface area contributed by atoms with E-state index < -0.39 is 27.9 Å². The monoisotopic (exact) mass is 411 g/mol. The van der Waals surface area contributed by atoms with Gasteiger partial charge in [0.25, 0.3) is 15.9 Å². The van der Waals surface area contributed by atoms with E-state index in [1.165, 1.54) is 12.1 Å². The smallest absolute Gasteiger partial charge is 0.255 e. The normalized spacial score (nSPS) is 12.6. The third kappa shape index (κ3) is 6.05. The minimum Gasteiger partial charge on any atom is -0.484 e. The highest BCUT2D eigenvalue weighted by Gasteiger charge is 2.29. The lowest BCUT2D eigenvalue weighted by Gasteiger charge is -2.21. The van der Waals surface area contributed by atoms with Crippen LogP contribution in [0.2, 0.25) is 0 Å². The third-order valence-electron chi connectivity index (χ3n) is 3.47. The van der Waals surface area contributed by atoms with E-state index in [2.05, 4.69) is 10.0 Å². The molecule has 1 unspecified atom stereocenters. The summed E-state index contributed by atoms with van der Waals surface area (Å²) in [6.07, 6.45) is 0. The number of primary amides is 1. The molecule has 1 heterocycles. The number of hydrogen-bond acceptors (Lipinski definition) is 6. The molecule has 8 nitrogen and oxygen atoms in total. The predicted octanol–water partition coefficient (Wildman–Crippen LogP) is 1.55. The molecule has 10 heteroatoms. The summed E-state index contributed by atoms with van der Waals surface area (Å²) in [6, 6.07) is 8.52. The Hall–Kier alpha value is -2.43. The summed E-state index contributed by atoms with van der Waals surface area (Å²) in [5.41, 5.74) is 5.44. The van der Waals surface area contributed by atoms with Gasteiger partial charge in [0, 0.05) is 11.8 Å². The van der Waals surface area contributed by atoms with Gasteiger partial charge in [0.1, 0.15) is 16.0 Å². The number of nitrogens with two attached hydrogens (primary N) is 1. The van der Waals surface area contributed by atoms with Gasteiger partial charge in [-0.3, -0.25) is 9.59 Å². The van der Waals surface area contributed by atoms with Crippen molar-refractivity contribution in [2.24, 2.45) is 11.7 Å². The Morgan fingerprint density at radius 1 is 1.22 bits per heavy atom. The highest BCUT2D eigenvalue weighted by Crippen LogP contribution is 2.20. The van der Waals surface area contributed by atoms with Crippen molar-refractivity contribution in [3.8, 4) is 5.75 Å². The van der Waals surface area contributed by atoms with E-state index in [4.69, 9.17) is 10.5 Å². The zero-order valence-corrected chi connectivity index (χ0v) is 16.5. The second-order valence-corrected chi connectivity index (χ2v) is 8.94. The van der Waals surface area contributed by atoms with Gasteiger partial charge < -0.3 is 15.8 Å². The molecule has 1 aromatic carbocycles. The highest BCUT2D eigenvalue weighted by atomic mass is 32.2. The number of anilines is 1. The average Bonchev–Trinajstić information content (AvgIpc) is 3.13. The lowest BCUT2D eigenvalue weighted by molar-refractivity contribution is -0.120. The predicted molar refractivity (Wildman–Crippen MR) is 103 cm³/mol. The first kappa shape index (κ1) is 20.9. The number of benzene rings is 1. The molecule has 0 aliphatic rings. The molecule has 0 saturated heterocycles. The highest BCUT2D eigenvalue weighted by molar-refractivity contribution is 7.91. The van der Waals surface area contributed by atoms with Gasteiger partial charge in [0.05, 0.1) is 0 Å². The second-order valence-electron chi connectivity index (χ2n) is 6.05. The van der Waals surface area contributed by atoms with Crippen LogP contribution in [-0.2, 0) is 19.6 Å². The Labute approximate surface area is 161 Å². The number of carbonyl (C=O) groups is 2. The first-order chi connectivity index (χ1) is 12.7. The van der Waals surface area contributed by atoms with E-state index in [0.717, 1.165) is 11.3 Å². The van der Waals surface area contributed by atoms with Gasteiger partial charge in [-0.05, 0) is 29.5 Å². The van der Waals surface area contributed by atoms with Crippen LogP contribution in [-0.4, -0.2) is 32.9 Å². The molecule has 0 bridgehead atoms. The van der Waals surface area contributed by atoms with Crippen LogP contribution in [0.4, 0.5) is 5.69 Å². The molecule has 0 spiro atoms. The molecular formula is C17H21N3O5S2.